The van der Waals surface area contributed by atoms with Gasteiger partial charge in [0, 0.05) is 4.57 Å². The molecular weight excluding hydrogens is 241 g/mol. The summed E-state index contributed by atoms with van der Waals surface area (Å²) < 4.78 is 21.4. The molecule has 5 nitrogen and oxygen atoms in total. The first-order chi connectivity index (χ1) is 8.13. The summed E-state index contributed by atoms with van der Waals surface area (Å²) >= 11 is 0. The molecule has 0 heterocycles. The van der Waals surface area contributed by atoms with E-state index in [-0.39, 0.29) is 0 Å². The van der Waals surface area contributed by atoms with Crippen LogP contribution in [0.1, 0.15) is 13.8 Å². The molecule has 0 aliphatic carbocycles. The average Bonchev–Trinajstić information content (AvgIpc) is 2.30. The van der Waals surface area contributed by atoms with Gasteiger partial charge in [-0.1, -0.05) is 23.3 Å². The Bertz CT molecular complexity index is 382. The Hall–Kier alpha value is -1.45. The first-order valence-corrected chi connectivity index (χ1v) is 6.44. The number of rotatable bonds is 6. The van der Waals surface area contributed by atoms with Crippen molar-refractivity contribution >= 4 is 14.1 Å². The van der Waals surface area contributed by atoms with E-state index in [9.17, 15) is 9.36 Å². The maximum absolute atomic E-state index is 11.5. The third kappa shape index (κ3) is 4.93. The Labute approximate surface area is 101 Å². The number of ether oxygens (including phenoxy) is 1. The maximum atomic E-state index is 11.5. The maximum Gasteiger partial charge on any atom is 0.664 e. The van der Waals surface area contributed by atoms with Crippen LogP contribution in [-0.4, -0.2) is 18.6 Å². The van der Waals surface area contributed by atoms with Crippen LogP contribution in [0.3, 0.4) is 0 Å². The lowest BCUT2D eigenvalue weighted by molar-refractivity contribution is -0.144. The fraction of sp³-hybridized carbons (Fsp3) is 0.364. The number of benzene rings is 1. The van der Waals surface area contributed by atoms with Crippen molar-refractivity contribution in [3.05, 3.63) is 30.3 Å². The Morgan fingerprint density at radius 1 is 1.41 bits per heavy atom. The first kappa shape index (κ1) is 13.6. The molecule has 0 aromatic heterocycles. The van der Waals surface area contributed by atoms with Crippen LogP contribution in [0, 0.1) is 0 Å². The van der Waals surface area contributed by atoms with E-state index in [1.807, 2.05) is 6.07 Å². The smallest absolute Gasteiger partial charge is 0.465 e. The van der Waals surface area contributed by atoms with Crippen molar-refractivity contribution in [1.29, 1.82) is 0 Å². The van der Waals surface area contributed by atoms with E-state index in [1.165, 1.54) is 0 Å². The zero-order valence-electron chi connectivity index (χ0n) is 9.75. The van der Waals surface area contributed by atoms with Crippen LogP contribution in [0.25, 0.3) is 0 Å². The molecule has 92 valence electrons. The van der Waals surface area contributed by atoms with Gasteiger partial charge >= 0.3 is 14.1 Å². The second kappa shape index (κ2) is 6.99. The van der Waals surface area contributed by atoms with Gasteiger partial charge in [0.05, 0.1) is 6.61 Å². The molecule has 1 aromatic carbocycles. The van der Waals surface area contributed by atoms with Crippen LogP contribution >= 0.6 is 8.18 Å². The molecule has 0 saturated heterocycles. The summed E-state index contributed by atoms with van der Waals surface area (Å²) in [5.74, 6) is 0.0321. The molecule has 0 saturated carbocycles. The lowest BCUT2D eigenvalue weighted by Crippen LogP contribution is -2.31. The molecule has 0 spiro atoms. The monoisotopic (exact) mass is 256 g/mol. The minimum absolute atomic E-state index is 0.293. The molecule has 1 aromatic rings. The van der Waals surface area contributed by atoms with E-state index in [4.69, 9.17) is 9.26 Å². The summed E-state index contributed by atoms with van der Waals surface area (Å²) in [4.78, 5) is 11.3. The molecule has 1 N–H and O–H groups in total. The first-order valence-electron chi connectivity index (χ1n) is 5.26. The molecule has 2 unspecified atom stereocenters. The quantitative estimate of drug-likeness (QED) is 0.624. The number of nitrogens with one attached hydrogen (secondary N) is 1. The highest BCUT2D eigenvalue weighted by molar-refractivity contribution is 7.37. The van der Waals surface area contributed by atoms with Crippen molar-refractivity contribution in [2.75, 3.05) is 6.61 Å². The molecule has 2 atom stereocenters. The van der Waals surface area contributed by atoms with Gasteiger partial charge in [0.1, 0.15) is 6.04 Å². The Kier molecular flexibility index (Phi) is 5.60. The Morgan fingerprint density at radius 3 is 2.65 bits per heavy atom. The van der Waals surface area contributed by atoms with Gasteiger partial charge in [-0.2, -0.15) is 0 Å². The zero-order chi connectivity index (χ0) is 12.7. The largest absolute Gasteiger partial charge is 0.664 e. The molecule has 0 bridgehead atoms. The van der Waals surface area contributed by atoms with Crippen molar-refractivity contribution < 1.29 is 18.6 Å². The number of carbonyl (C=O) groups excluding carboxylic acids is 1. The van der Waals surface area contributed by atoms with Crippen LogP contribution in [0.4, 0.5) is 0 Å². The number of hydrogen-bond acceptors (Lipinski definition) is 4. The number of para-hydroxylation sites is 1. The average molecular weight is 256 g/mol. The molecule has 0 fully saturated rings. The van der Waals surface area contributed by atoms with Gasteiger partial charge in [-0.05, 0) is 26.0 Å². The summed E-state index contributed by atoms with van der Waals surface area (Å²) in [5, 5.41) is 2.53. The molecule has 0 aliphatic heterocycles. The molecule has 1 rings (SSSR count). The second-order valence-electron chi connectivity index (χ2n) is 3.26. The fourth-order valence-corrected chi connectivity index (χ4v) is 1.87. The molecule has 17 heavy (non-hydrogen) atoms. The molecule has 0 aliphatic rings. The number of carbonyl (C=O) groups is 1. The summed E-state index contributed by atoms with van der Waals surface area (Å²) in [6, 6.07) is 8.07. The van der Waals surface area contributed by atoms with E-state index in [2.05, 4.69) is 5.09 Å². The van der Waals surface area contributed by atoms with Crippen LogP contribution in [0.2, 0.25) is 0 Å². The van der Waals surface area contributed by atoms with Gasteiger partial charge in [0.15, 0.2) is 5.75 Å². The molecule has 0 radical (unpaired) electrons. The lowest BCUT2D eigenvalue weighted by Gasteiger charge is -2.04. The third-order valence-electron chi connectivity index (χ3n) is 1.87. The van der Waals surface area contributed by atoms with E-state index >= 15 is 0 Å². The normalized spacial score (nSPS) is 12.7. The Balaban J connectivity index is 2.42. The van der Waals surface area contributed by atoms with Gasteiger partial charge in [0.2, 0.25) is 0 Å². The van der Waals surface area contributed by atoms with E-state index in [1.54, 1.807) is 38.1 Å². The van der Waals surface area contributed by atoms with Crippen molar-refractivity contribution in [3.63, 3.8) is 0 Å². The SMILES string of the molecule is CCOC(=O)C(C)N[P+](=O)Oc1ccccc1. The number of hydrogen-bond donors (Lipinski definition) is 1. The minimum atomic E-state index is -2.14. The van der Waals surface area contributed by atoms with Gasteiger partial charge in [-0.3, -0.25) is 4.79 Å². The summed E-state index contributed by atoms with van der Waals surface area (Å²) in [6.07, 6.45) is 0. The molecule has 0 amide bonds. The standard InChI is InChI=1S/C11H15NO4P/c1-3-15-11(13)9(2)12-17(14)16-10-7-5-4-6-8-10/h4-9H,3H2,1-2H3,(H,12,14)/q+1. The van der Waals surface area contributed by atoms with E-state index in [0.29, 0.717) is 12.4 Å². The van der Waals surface area contributed by atoms with Crippen LogP contribution in [-0.2, 0) is 14.1 Å². The van der Waals surface area contributed by atoms with Crippen molar-refractivity contribution in [2.24, 2.45) is 0 Å². The van der Waals surface area contributed by atoms with E-state index < -0.39 is 20.2 Å². The Morgan fingerprint density at radius 2 is 2.06 bits per heavy atom. The highest BCUT2D eigenvalue weighted by Gasteiger charge is 2.28. The van der Waals surface area contributed by atoms with Gasteiger partial charge in [-0.25, -0.2) is 4.52 Å². The lowest BCUT2D eigenvalue weighted by atomic mass is 10.3. The van der Waals surface area contributed by atoms with Crippen molar-refractivity contribution in [3.8, 4) is 5.75 Å². The molecule has 6 heteroatoms. The zero-order valence-corrected chi connectivity index (χ0v) is 10.6. The summed E-state index contributed by atoms with van der Waals surface area (Å²) in [5.41, 5.74) is 0. The highest BCUT2D eigenvalue weighted by Crippen LogP contribution is 2.23. The van der Waals surface area contributed by atoms with Gasteiger partial charge < -0.3 is 4.74 Å². The number of esters is 1. The summed E-state index contributed by atoms with van der Waals surface area (Å²) in [7, 11) is -2.14. The van der Waals surface area contributed by atoms with Crippen LogP contribution in [0.15, 0.2) is 30.3 Å². The van der Waals surface area contributed by atoms with Crippen molar-refractivity contribution in [2.45, 2.75) is 19.9 Å². The highest BCUT2D eigenvalue weighted by atomic mass is 31.1. The van der Waals surface area contributed by atoms with E-state index in [0.717, 1.165) is 0 Å². The summed E-state index contributed by atoms with van der Waals surface area (Å²) in [6.45, 7) is 3.58. The second-order valence-corrected chi connectivity index (χ2v) is 4.22. The van der Waals surface area contributed by atoms with Crippen molar-refractivity contribution in [1.82, 2.24) is 5.09 Å². The van der Waals surface area contributed by atoms with Gasteiger partial charge in [-0.15, -0.1) is 0 Å². The van der Waals surface area contributed by atoms with Crippen LogP contribution < -0.4 is 9.61 Å². The minimum Gasteiger partial charge on any atom is -0.465 e. The molecular formula is C11H15NO4P+. The van der Waals surface area contributed by atoms with Crippen LogP contribution in [0.5, 0.6) is 5.75 Å². The fourth-order valence-electron chi connectivity index (χ4n) is 1.08. The predicted octanol–water partition coefficient (Wildman–Crippen LogP) is 2.26. The predicted molar refractivity (Wildman–Crippen MR) is 63.9 cm³/mol. The van der Waals surface area contributed by atoms with Gasteiger partial charge in [0.25, 0.3) is 0 Å². The third-order valence-corrected chi connectivity index (χ3v) is 2.85. The topological polar surface area (TPSA) is 64.6 Å².